The smallest absolute Gasteiger partial charge is 0.316 e. The summed E-state index contributed by atoms with van der Waals surface area (Å²) in [4.78, 5) is 13.4. The van der Waals surface area contributed by atoms with Gasteiger partial charge >= 0.3 is 6.03 Å². The zero-order chi connectivity index (χ0) is 25.4. The quantitative estimate of drug-likeness (QED) is 0.505. The van der Waals surface area contributed by atoms with Gasteiger partial charge in [-0.1, -0.05) is 36.4 Å². The van der Waals surface area contributed by atoms with E-state index in [1.807, 2.05) is 48.9 Å². The average molecular weight is 486 g/mol. The number of halogens is 2. The maximum Gasteiger partial charge on any atom is 0.316 e. The molecular formula is C26H33F2N5O2. The summed E-state index contributed by atoms with van der Waals surface area (Å²) in [6, 6.07) is 13.4. The van der Waals surface area contributed by atoms with Crippen molar-refractivity contribution in [1.82, 2.24) is 14.7 Å². The SMILES string of the molecule is CCn1nc(C)c(NC(N)=O)c1-c1ccccc1.COCCN1CCC(c2ccc(F)c(F)c2)C1. The molecule has 7 nitrogen and oxygen atoms in total. The van der Waals surface area contributed by atoms with Gasteiger partial charge in [0.05, 0.1) is 23.7 Å². The molecule has 0 saturated carbocycles. The highest BCUT2D eigenvalue weighted by Gasteiger charge is 2.24. The topological polar surface area (TPSA) is 85.4 Å². The summed E-state index contributed by atoms with van der Waals surface area (Å²) in [7, 11) is 1.68. The first kappa shape index (κ1) is 26.3. The first-order valence-corrected chi connectivity index (χ1v) is 11.7. The van der Waals surface area contributed by atoms with Gasteiger partial charge in [-0.05, 0) is 50.4 Å². The highest BCUT2D eigenvalue weighted by Crippen LogP contribution is 2.31. The van der Waals surface area contributed by atoms with E-state index in [1.54, 1.807) is 13.2 Å². The zero-order valence-electron chi connectivity index (χ0n) is 20.4. The number of likely N-dealkylation sites (tertiary alicyclic amines) is 1. The lowest BCUT2D eigenvalue weighted by atomic mass is 9.98. The fourth-order valence-electron chi connectivity index (χ4n) is 4.27. The first-order valence-electron chi connectivity index (χ1n) is 11.7. The Hall–Kier alpha value is -3.30. The van der Waals surface area contributed by atoms with Crippen LogP contribution in [0.4, 0.5) is 19.3 Å². The van der Waals surface area contributed by atoms with Crippen LogP contribution >= 0.6 is 0 Å². The van der Waals surface area contributed by atoms with Gasteiger partial charge in [0, 0.05) is 32.3 Å². The van der Waals surface area contributed by atoms with Crippen LogP contribution in [0, 0.1) is 18.6 Å². The number of anilines is 1. The Morgan fingerprint density at radius 3 is 2.57 bits per heavy atom. The number of hydrogen-bond acceptors (Lipinski definition) is 4. The third kappa shape index (κ3) is 6.86. The van der Waals surface area contributed by atoms with Gasteiger partial charge in [0.25, 0.3) is 0 Å². The molecule has 0 aliphatic carbocycles. The van der Waals surface area contributed by atoms with Gasteiger partial charge in [-0.3, -0.25) is 4.68 Å². The lowest BCUT2D eigenvalue weighted by Gasteiger charge is -2.15. The molecule has 0 bridgehead atoms. The maximum atomic E-state index is 13.1. The van der Waals surface area contributed by atoms with Crippen LogP contribution in [0.1, 0.15) is 30.5 Å². The van der Waals surface area contributed by atoms with Crippen LogP contribution < -0.4 is 11.1 Å². The van der Waals surface area contributed by atoms with E-state index in [1.165, 1.54) is 12.1 Å². The number of hydrogen-bond donors (Lipinski definition) is 2. The second-order valence-electron chi connectivity index (χ2n) is 8.43. The summed E-state index contributed by atoms with van der Waals surface area (Å²) in [6.45, 7) is 8.09. The lowest BCUT2D eigenvalue weighted by molar-refractivity contribution is 0.160. The van der Waals surface area contributed by atoms with Crippen LogP contribution in [0.25, 0.3) is 11.3 Å². The largest absolute Gasteiger partial charge is 0.383 e. The summed E-state index contributed by atoms with van der Waals surface area (Å²) in [5.41, 5.74) is 9.42. The number of aromatic nitrogens is 2. The van der Waals surface area contributed by atoms with Crippen LogP contribution in [0.5, 0.6) is 0 Å². The molecule has 1 aliphatic heterocycles. The number of primary amides is 1. The number of carbonyl (C=O) groups is 1. The van der Waals surface area contributed by atoms with Crippen LogP contribution in [0.15, 0.2) is 48.5 Å². The normalized spacial score (nSPS) is 15.5. The number of amides is 2. The van der Waals surface area contributed by atoms with Crippen molar-refractivity contribution in [3.05, 3.63) is 71.4 Å². The molecule has 2 aromatic carbocycles. The summed E-state index contributed by atoms with van der Waals surface area (Å²) < 4.78 is 32.8. The maximum absolute atomic E-state index is 13.1. The first-order chi connectivity index (χ1) is 16.8. The van der Waals surface area contributed by atoms with Crippen molar-refractivity contribution < 1.29 is 18.3 Å². The van der Waals surface area contributed by atoms with Gasteiger partial charge in [0.2, 0.25) is 0 Å². The van der Waals surface area contributed by atoms with E-state index < -0.39 is 17.7 Å². The van der Waals surface area contributed by atoms with Crippen LogP contribution in [-0.2, 0) is 11.3 Å². The standard InChI is InChI=1S/C13H17F2NO.C13H16N4O/c1-17-7-6-16-5-4-11(9-16)10-2-3-12(14)13(15)8-10;1-3-17-12(10-7-5-4-6-8-10)11(9(2)16-17)15-13(14)18/h2-3,8,11H,4-7,9H2,1H3;4-8H,3H2,1-2H3,(H3,14,15,18). The number of ether oxygens (including phenoxy) is 1. The van der Waals surface area contributed by atoms with Crippen molar-refractivity contribution in [1.29, 1.82) is 0 Å². The van der Waals surface area contributed by atoms with Crippen molar-refractivity contribution in [3.63, 3.8) is 0 Å². The van der Waals surface area contributed by atoms with E-state index in [-0.39, 0.29) is 0 Å². The number of benzene rings is 2. The fraction of sp³-hybridized carbons (Fsp3) is 0.385. The van der Waals surface area contributed by atoms with Crippen molar-refractivity contribution in [3.8, 4) is 11.3 Å². The second kappa shape index (κ2) is 12.4. The number of carbonyl (C=O) groups excluding carboxylic acids is 1. The molecule has 188 valence electrons. The minimum atomic E-state index is -0.775. The Bertz CT molecular complexity index is 1120. The molecule has 0 radical (unpaired) electrons. The third-order valence-corrected chi connectivity index (χ3v) is 6.02. The van der Waals surface area contributed by atoms with Crippen molar-refractivity contribution in [2.45, 2.75) is 32.7 Å². The molecule has 9 heteroatoms. The molecule has 2 amide bonds. The highest BCUT2D eigenvalue weighted by atomic mass is 19.2. The van der Waals surface area contributed by atoms with E-state index >= 15 is 0 Å². The van der Waals surface area contributed by atoms with Gasteiger partial charge in [-0.15, -0.1) is 0 Å². The molecule has 2 heterocycles. The summed E-state index contributed by atoms with van der Waals surface area (Å²) in [5, 5.41) is 7.06. The van der Waals surface area contributed by atoms with Crippen molar-refractivity contribution in [2.24, 2.45) is 5.73 Å². The molecule has 1 saturated heterocycles. The predicted octanol–water partition coefficient (Wildman–Crippen LogP) is 4.77. The molecule has 1 atom stereocenters. The fourth-order valence-corrected chi connectivity index (χ4v) is 4.27. The second-order valence-corrected chi connectivity index (χ2v) is 8.43. The molecule has 1 aliphatic rings. The Morgan fingerprint density at radius 2 is 1.94 bits per heavy atom. The zero-order valence-corrected chi connectivity index (χ0v) is 20.4. The number of nitrogens with one attached hydrogen (secondary N) is 1. The minimum Gasteiger partial charge on any atom is -0.383 e. The van der Waals surface area contributed by atoms with E-state index in [9.17, 15) is 13.6 Å². The number of nitrogens with zero attached hydrogens (tertiary/aromatic N) is 3. The molecule has 1 aromatic heterocycles. The highest BCUT2D eigenvalue weighted by molar-refractivity contribution is 5.93. The van der Waals surface area contributed by atoms with Crippen molar-refractivity contribution >= 4 is 11.7 Å². The van der Waals surface area contributed by atoms with Crippen LogP contribution in [-0.4, -0.2) is 54.1 Å². The van der Waals surface area contributed by atoms with Gasteiger partial charge in [0.15, 0.2) is 11.6 Å². The van der Waals surface area contributed by atoms with Gasteiger partial charge in [-0.2, -0.15) is 5.10 Å². The molecule has 0 spiro atoms. The Kier molecular flexibility index (Phi) is 9.33. The number of methoxy groups -OCH3 is 1. The van der Waals surface area contributed by atoms with Gasteiger partial charge < -0.3 is 20.7 Å². The molecule has 1 fully saturated rings. The molecule has 35 heavy (non-hydrogen) atoms. The molecule has 3 N–H and O–H groups in total. The number of nitrogens with two attached hydrogens (primary N) is 1. The monoisotopic (exact) mass is 485 g/mol. The third-order valence-electron chi connectivity index (χ3n) is 6.02. The predicted molar refractivity (Wildman–Crippen MR) is 133 cm³/mol. The Labute approximate surface area is 204 Å². The average Bonchev–Trinajstić information content (AvgIpc) is 3.44. The Balaban J connectivity index is 0.000000196. The summed E-state index contributed by atoms with van der Waals surface area (Å²) in [6.07, 6.45) is 0.995. The van der Waals surface area contributed by atoms with Gasteiger partial charge in [-0.25, -0.2) is 13.6 Å². The number of urea groups is 1. The molecule has 4 rings (SSSR count). The van der Waals surface area contributed by atoms with Gasteiger partial charge in [0.1, 0.15) is 0 Å². The number of aryl methyl sites for hydroxylation is 2. The van der Waals surface area contributed by atoms with Crippen LogP contribution in [0.3, 0.4) is 0 Å². The Morgan fingerprint density at radius 1 is 1.20 bits per heavy atom. The van der Waals surface area contributed by atoms with E-state index in [2.05, 4.69) is 15.3 Å². The van der Waals surface area contributed by atoms with E-state index in [4.69, 9.17) is 10.5 Å². The number of rotatable bonds is 7. The molecular weight excluding hydrogens is 452 g/mol. The summed E-state index contributed by atoms with van der Waals surface area (Å²) >= 11 is 0. The molecule has 1 unspecified atom stereocenters. The van der Waals surface area contributed by atoms with E-state index in [0.29, 0.717) is 18.2 Å². The lowest BCUT2D eigenvalue weighted by Crippen LogP contribution is -2.24. The summed E-state index contributed by atoms with van der Waals surface area (Å²) in [5.74, 6) is -1.22. The van der Waals surface area contributed by atoms with Crippen LogP contribution in [0.2, 0.25) is 0 Å². The minimum absolute atomic E-state index is 0.307. The van der Waals surface area contributed by atoms with E-state index in [0.717, 1.165) is 55.1 Å². The molecule has 3 aromatic rings. The van der Waals surface area contributed by atoms with Crippen molar-refractivity contribution in [2.75, 3.05) is 38.7 Å².